The molecule has 0 atom stereocenters. The van der Waals surface area contributed by atoms with Gasteiger partial charge in [0.15, 0.2) is 5.16 Å². The quantitative estimate of drug-likeness (QED) is 0.495. The van der Waals surface area contributed by atoms with Crippen LogP contribution in [0.5, 0.6) is 0 Å². The zero-order chi connectivity index (χ0) is 21.3. The summed E-state index contributed by atoms with van der Waals surface area (Å²) in [6.07, 6.45) is 0. The van der Waals surface area contributed by atoms with Gasteiger partial charge >= 0.3 is 0 Å². The third-order valence-electron chi connectivity index (χ3n) is 3.93. The van der Waals surface area contributed by atoms with E-state index in [2.05, 4.69) is 10.3 Å². The number of primary sulfonamides is 1. The summed E-state index contributed by atoms with van der Waals surface area (Å²) in [4.78, 5) is 16.8. The summed E-state index contributed by atoms with van der Waals surface area (Å²) < 4.78 is 25.0. The number of aryl methyl sites for hydroxylation is 1. The van der Waals surface area contributed by atoms with Crippen LogP contribution in [0.15, 0.2) is 40.4 Å². The van der Waals surface area contributed by atoms with E-state index in [0.717, 1.165) is 5.52 Å². The molecule has 0 fully saturated rings. The van der Waals surface area contributed by atoms with Gasteiger partial charge in [0.2, 0.25) is 15.9 Å². The molecule has 3 N–H and O–H groups in total. The highest BCUT2D eigenvalue weighted by Gasteiger charge is 2.17. The smallest absolute Gasteiger partial charge is 0.238 e. The molecule has 0 unspecified atom stereocenters. The van der Waals surface area contributed by atoms with E-state index in [0.29, 0.717) is 22.2 Å². The number of fused-ring (bicyclic) bond motifs is 1. The Hall–Kier alpha value is -1.49. The number of nitrogens with zero attached hydrogens (tertiary/aromatic N) is 2. The lowest BCUT2D eigenvalue weighted by molar-refractivity contribution is -0.113. The summed E-state index contributed by atoms with van der Waals surface area (Å²) in [6, 6.07) is 7.45. The number of hydrogen-bond donors (Lipinski definition) is 2. The molecular formula is C17H15Cl3N4O3S2. The van der Waals surface area contributed by atoms with Crippen molar-refractivity contribution < 1.29 is 13.2 Å². The maximum atomic E-state index is 12.4. The Morgan fingerprint density at radius 3 is 2.45 bits per heavy atom. The van der Waals surface area contributed by atoms with Crippen molar-refractivity contribution in [2.75, 3.05) is 11.1 Å². The summed E-state index contributed by atoms with van der Waals surface area (Å²) in [7, 11) is -3.83. The van der Waals surface area contributed by atoms with Gasteiger partial charge in [-0.1, -0.05) is 46.6 Å². The molecule has 0 spiro atoms. The molecule has 0 radical (unpaired) electrons. The van der Waals surface area contributed by atoms with Gasteiger partial charge < -0.3 is 9.88 Å². The van der Waals surface area contributed by atoms with Crippen LogP contribution in [-0.2, 0) is 21.4 Å². The molecule has 0 aliphatic carbocycles. The second-order valence-corrected chi connectivity index (χ2v) is 9.67. The Labute approximate surface area is 186 Å². The van der Waals surface area contributed by atoms with E-state index >= 15 is 0 Å². The standard InChI is InChI=1S/C17H15Cl3N4O3S2/c1-2-24-14-4-3-10(29(21,26)27)7-13(14)22-17(24)28-8-15(25)23-16-11(19)5-9(18)6-12(16)20/h3-7H,2,8H2,1H3,(H,23,25)(H2,21,26,27). The fourth-order valence-corrected chi connectivity index (χ4v) is 4.97. The van der Waals surface area contributed by atoms with Crippen LogP contribution in [0.3, 0.4) is 0 Å². The number of halogens is 3. The number of nitrogens with two attached hydrogens (primary N) is 1. The summed E-state index contributed by atoms with van der Waals surface area (Å²) in [5.74, 6) is -0.290. The molecule has 2 aromatic carbocycles. The molecule has 7 nitrogen and oxygen atoms in total. The molecule has 0 saturated heterocycles. The fourth-order valence-electron chi connectivity index (χ4n) is 2.65. The summed E-state index contributed by atoms with van der Waals surface area (Å²) in [6.45, 7) is 2.51. The molecule has 12 heteroatoms. The minimum absolute atomic E-state index is 0.0212. The monoisotopic (exact) mass is 492 g/mol. The molecule has 29 heavy (non-hydrogen) atoms. The Morgan fingerprint density at radius 1 is 1.21 bits per heavy atom. The second-order valence-electron chi connectivity index (χ2n) is 5.92. The number of aromatic nitrogens is 2. The zero-order valence-corrected chi connectivity index (χ0v) is 18.8. The fraction of sp³-hybridized carbons (Fsp3) is 0.176. The number of carbonyl (C=O) groups excluding carboxylic acids is 1. The zero-order valence-electron chi connectivity index (χ0n) is 14.9. The molecule has 1 aromatic heterocycles. The Bertz CT molecular complexity index is 1190. The predicted octanol–water partition coefficient (Wildman–Crippen LogP) is 4.39. The number of amides is 1. The van der Waals surface area contributed by atoms with Gasteiger partial charge in [-0.15, -0.1) is 0 Å². The number of anilines is 1. The van der Waals surface area contributed by atoms with E-state index in [1.165, 1.54) is 36.0 Å². The van der Waals surface area contributed by atoms with Crippen LogP contribution in [-0.4, -0.2) is 29.6 Å². The minimum Gasteiger partial charge on any atom is -0.323 e. The van der Waals surface area contributed by atoms with Crippen LogP contribution in [0.25, 0.3) is 11.0 Å². The lowest BCUT2D eigenvalue weighted by atomic mass is 10.3. The van der Waals surface area contributed by atoms with Crippen LogP contribution in [0.4, 0.5) is 5.69 Å². The minimum atomic E-state index is -3.83. The van der Waals surface area contributed by atoms with Crippen molar-refractivity contribution in [3.8, 4) is 0 Å². The normalized spacial score (nSPS) is 11.8. The summed E-state index contributed by atoms with van der Waals surface area (Å²) in [5.41, 5.74) is 1.50. The number of carbonyl (C=O) groups is 1. The topological polar surface area (TPSA) is 107 Å². The molecule has 0 saturated carbocycles. The van der Waals surface area contributed by atoms with E-state index in [4.69, 9.17) is 39.9 Å². The predicted molar refractivity (Wildman–Crippen MR) is 118 cm³/mol. The van der Waals surface area contributed by atoms with E-state index in [9.17, 15) is 13.2 Å². The van der Waals surface area contributed by atoms with Crippen LogP contribution in [0.1, 0.15) is 6.92 Å². The third kappa shape index (κ3) is 4.99. The van der Waals surface area contributed by atoms with Gasteiger partial charge in [-0.25, -0.2) is 18.5 Å². The summed E-state index contributed by atoms with van der Waals surface area (Å²) in [5, 5.41) is 9.24. The molecule has 154 valence electrons. The number of thioether (sulfide) groups is 1. The first-order valence-electron chi connectivity index (χ1n) is 8.20. The largest absolute Gasteiger partial charge is 0.323 e. The number of sulfonamides is 1. The van der Waals surface area contributed by atoms with Crippen molar-refractivity contribution in [1.29, 1.82) is 0 Å². The molecule has 3 rings (SSSR count). The average Bonchev–Trinajstić information content (AvgIpc) is 2.98. The molecule has 0 aliphatic rings. The maximum absolute atomic E-state index is 12.4. The van der Waals surface area contributed by atoms with Crippen molar-refractivity contribution in [2.45, 2.75) is 23.5 Å². The first kappa shape index (κ1) is 22.2. The molecular weight excluding hydrogens is 479 g/mol. The Morgan fingerprint density at radius 2 is 1.86 bits per heavy atom. The molecule has 1 amide bonds. The second kappa shape index (κ2) is 8.71. The van der Waals surface area contributed by atoms with Crippen molar-refractivity contribution in [3.05, 3.63) is 45.4 Å². The van der Waals surface area contributed by atoms with Crippen LogP contribution in [0.2, 0.25) is 15.1 Å². The number of nitrogens with one attached hydrogen (secondary N) is 1. The summed E-state index contributed by atoms with van der Waals surface area (Å²) >= 11 is 19.2. The van der Waals surface area contributed by atoms with E-state index in [1.54, 1.807) is 6.07 Å². The van der Waals surface area contributed by atoms with Gasteiger partial charge in [-0.2, -0.15) is 0 Å². The first-order valence-corrected chi connectivity index (χ1v) is 11.9. The van der Waals surface area contributed by atoms with Crippen molar-refractivity contribution in [2.24, 2.45) is 5.14 Å². The van der Waals surface area contributed by atoms with Crippen molar-refractivity contribution in [1.82, 2.24) is 9.55 Å². The van der Waals surface area contributed by atoms with Gasteiger partial charge in [-0.3, -0.25) is 4.79 Å². The lowest BCUT2D eigenvalue weighted by Crippen LogP contribution is -2.15. The Kier molecular flexibility index (Phi) is 6.67. The lowest BCUT2D eigenvalue weighted by Gasteiger charge is -2.10. The number of rotatable bonds is 6. The van der Waals surface area contributed by atoms with Crippen molar-refractivity contribution >= 4 is 79.2 Å². The van der Waals surface area contributed by atoms with Crippen LogP contribution < -0.4 is 10.5 Å². The van der Waals surface area contributed by atoms with E-state index in [1.807, 2.05) is 11.5 Å². The number of imidazole rings is 1. The molecule has 3 aromatic rings. The number of hydrogen-bond acceptors (Lipinski definition) is 5. The number of benzene rings is 2. The van der Waals surface area contributed by atoms with Gasteiger partial charge in [0.25, 0.3) is 0 Å². The highest BCUT2D eigenvalue weighted by Crippen LogP contribution is 2.34. The van der Waals surface area contributed by atoms with Gasteiger partial charge in [-0.05, 0) is 37.3 Å². The molecule has 1 heterocycles. The van der Waals surface area contributed by atoms with Gasteiger partial charge in [0.05, 0.1) is 37.4 Å². The molecule has 0 bridgehead atoms. The van der Waals surface area contributed by atoms with Gasteiger partial charge in [0, 0.05) is 11.6 Å². The molecule has 0 aliphatic heterocycles. The van der Waals surface area contributed by atoms with Crippen molar-refractivity contribution in [3.63, 3.8) is 0 Å². The Balaban J connectivity index is 1.80. The van der Waals surface area contributed by atoms with Crippen LogP contribution >= 0.6 is 46.6 Å². The van der Waals surface area contributed by atoms with E-state index < -0.39 is 10.0 Å². The highest BCUT2D eigenvalue weighted by molar-refractivity contribution is 7.99. The van der Waals surface area contributed by atoms with Crippen LogP contribution in [0, 0.1) is 0 Å². The maximum Gasteiger partial charge on any atom is 0.238 e. The van der Waals surface area contributed by atoms with E-state index in [-0.39, 0.29) is 32.3 Å². The first-order chi connectivity index (χ1) is 13.6. The SMILES string of the molecule is CCn1c(SCC(=O)Nc2c(Cl)cc(Cl)cc2Cl)nc2cc(S(N)(=O)=O)ccc21. The van der Waals surface area contributed by atoms with Gasteiger partial charge in [0.1, 0.15) is 0 Å². The average molecular weight is 494 g/mol. The highest BCUT2D eigenvalue weighted by atomic mass is 35.5. The third-order valence-corrected chi connectivity index (χ3v) is 6.63.